The Morgan fingerprint density at radius 1 is 1.10 bits per heavy atom. The Bertz CT molecular complexity index is 1680. The molecule has 0 aliphatic carbocycles. The smallest absolute Gasteiger partial charge is 0.226 e. The van der Waals surface area contributed by atoms with Crippen molar-refractivity contribution in [2.45, 2.75) is 44.6 Å². The third-order valence-corrected chi connectivity index (χ3v) is 9.22. The van der Waals surface area contributed by atoms with Gasteiger partial charge in [0.2, 0.25) is 5.95 Å². The highest BCUT2D eigenvalue weighted by Crippen LogP contribution is 2.45. The molecule has 12 heteroatoms. The van der Waals surface area contributed by atoms with Gasteiger partial charge in [0, 0.05) is 54.8 Å². The number of aliphatic hydroxyl groups is 1. The molecule has 3 aliphatic heterocycles. The minimum absolute atomic E-state index is 0.0841. The predicted molar refractivity (Wildman–Crippen MR) is 143 cm³/mol. The zero-order valence-corrected chi connectivity index (χ0v) is 21.8. The second-order valence-electron chi connectivity index (χ2n) is 10.3. The number of anilines is 2. The van der Waals surface area contributed by atoms with E-state index in [1.54, 1.807) is 6.20 Å². The van der Waals surface area contributed by atoms with Crippen molar-refractivity contribution in [3.05, 3.63) is 40.7 Å². The van der Waals surface area contributed by atoms with Crippen LogP contribution in [-0.2, 0) is 18.0 Å². The number of nitrogens with two attached hydrogens (primary N) is 1. The molecule has 0 amide bonds. The Kier molecular flexibility index (Phi) is 5.85. The van der Waals surface area contributed by atoms with Gasteiger partial charge in [0.05, 0.1) is 41.5 Å². The minimum Gasteiger partial charge on any atom is -0.393 e. The lowest BCUT2D eigenvalue weighted by molar-refractivity contribution is 0.0653. The van der Waals surface area contributed by atoms with Crippen LogP contribution in [-0.4, -0.2) is 63.3 Å². The lowest BCUT2D eigenvalue weighted by atomic mass is 9.94. The maximum atomic E-state index is 16.5. The van der Waals surface area contributed by atoms with Crippen molar-refractivity contribution in [1.29, 1.82) is 5.26 Å². The highest BCUT2D eigenvalue weighted by molar-refractivity contribution is 7.23. The topological polar surface area (TPSA) is 124 Å². The van der Waals surface area contributed by atoms with Crippen molar-refractivity contribution in [2.75, 3.05) is 36.8 Å². The van der Waals surface area contributed by atoms with Gasteiger partial charge in [-0.05, 0) is 30.4 Å². The molecule has 2 fully saturated rings. The monoisotopic (exact) mass is 549 g/mol. The number of rotatable bonds is 3. The van der Waals surface area contributed by atoms with E-state index in [0.717, 1.165) is 68.5 Å². The molecule has 6 heterocycles. The van der Waals surface area contributed by atoms with Crippen molar-refractivity contribution in [3.63, 3.8) is 0 Å². The van der Waals surface area contributed by atoms with Crippen LogP contribution in [0.2, 0.25) is 0 Å². The Hall–Kier alpha value is -3.50. The summed E-state index contributed by atoms with van der Waals surface area (Å²) in [5.74, 6) is -0.773. The maximum absolute atomic E-state index is 16.5. The molecule has 1 atom stereocenters. The second-order valence-corrected chi connectivity index (χ2v) is 11.4. The molecule has 39 heavy (non-hydrogen) atoms. The lowest BCUT2D eigenvalue weighted by Gasteiger charge is -2.34. The maximum Gasteiger partial charge on any atom is 0.226 e. The fourth-order valence-corrected chi connectivity index (χ4v) is 7.08. The highest BCUT2D eigenvalue weighted by atomic mass is 32.1. The largest absolute Gasteiger partial charge is 0.393 e. The summed E-state index contributed by atoms with van der Waals surface area (Å²) in [5, 5.41) is 20.5. The zero-order chi connectivity index (χ0) is 26.8. The second kappa shape index (κ2) is 9.31. The van der Waals surface area contributed by atoms with Crippen LogP contribution in [0.5, 0.6) is 0 Å². The van der Waals surface area contributed by atoms with Gasteiger partial charge < -0.3 is 20.5 Å². The van der Waals surface area contributed by atoms with E-state index in [4.69, 9.17) is 15.5 Å². The summed E-state index contributed by atoms with van der Waals surface area (Å²) in [6, 6.07) is 2.36. The average Bonchev–Trinajstić information content (AvgIpc) is 3.69. The first-order chi connectivity index (χ1) is 18.9. The zero-order valence-electron chi connectivity index (χ0n) is 21.0. The number of piperidine rings is 1. The summed E-state index contributed by atoms with van der Waals surface area (Å²) in [4.78, 5) is 18.0. The number of nitrogens with zero attached hydrogens (tertiary/aromatic N) is 6. The Morgan fingerprint density at radius 2 is 1.90 bits per heavy atom. The van der Waals surface area contributed by atoms with Gasteiger partial charge in [-0.2, -0.15) is 5.26 Å². The molecule has 0 bridgehead atoms. The van der Waals surface area contributed by atoms with Crippen LogP contribution in [0.25, 0.3) is 32.2 Å². The molecular formula is C27H25F2N7O2S. The van der Waals surface area contributed by atoms with E-state index in [1.165, 1.54) is 0 Å². The predicted octanol–water partition coefficient (Wildman–Crippen LogP) is 3.70. The van der Waals surface area contributed by atoms with Crippen molar-refractivity contribution in [3.8, 4) is 17.3 Å². The number of nitrogen functional groups attached to an aromatic ring is 1. The quantitative estimate of drug-likeness (QED) is 0.394. The van der Waals surface area contributed by atoms with E-state index in [9.17, 15) is 14.8 Å². The molecule has 0 unspecified atom stereocenters. The minimum atomic E-state index is -0.613. The number of nitriles is 1. The Morgan fingerprint density at radius 3 is 2.69 bits per heavy atom. The molecule has 1 aromatic carbocycles. The van der Waals surface area contributed by atoms with E-state index in [0.29, 0.717) is 22.9 Å². The fourth-order valence-electron chi connectivity index (χ4n) is 6.16. The number of pyridine rings is 1. The van der Waals surface area contributed by atoms with Crippen LogP contribution in [0, 0.1) is 23.0 Å². The first-order valence-electron chi connectivity index (χ1n) is 13.0. The molecule has 200 valence electrons. The normalized spacial score (nSPS) is 20.3. The number of hydrogen-bond acceptors (Lipinski definition) is 10. The number of aliphatic hydroxyl groups excluding tert-OH is 1. The van der Waals surface area contributed by atoms with Crippen molar-refractivity contribution < 1.29 is 18.6 Å². The number of thiophene rings is 1. The summed E-state index contributed by atoms with van der Waals surface area (Å²) < 4.78 is 37.1. The molecule has 0 spiro atoms. The van der Waals surface area contributed by atoms with Crippen LogP contribution >= 0.6 is 11.3 Å². The first kappa shape index (κ1) is 24.5. The van der Waals surface area contributed by atoms with Gasteiger partial charge in [0.15, 0.2) is 11.6 Å². The number of benzene rings is 1. The summed E-state index contributed by atoms with van der Waals surface area (Å²) in [5.41, 5.74) is 7.93. The van der Waals surface area contributed by atoms with Crippen molar-refractivity contribution >= 4 is 43.3 Å². The van der Waals surface area contributed by atoms with Crippen LogP contribution in [0.15, 0.2) is 12.4 Å². The molecule has 3 aromatic heterocycles. The van der Waals surface area contributed by atoms with Crippen LogP contribution in [0.3, 0.4) is 0 Å². The molecule has 0 radical (unpaired) electrons. The summed E-state index contributed by atoms with van der Waals surface area (Å²) >= 11 is 0.949. The highest BCUT2D eigenvalue weighted by Gasteiger charge is 2.33. The molecule has 7 rings (SSSR count). The van der Waals surface area contributed by atoms with Crippen LogP contribution in [0.4, 0.5) is 19.7 Å². The summed E-state index contributed by atoms with van der Waals surface area (Å²) in [7, 11) is 0. The third-order valence-electron chi connectivity index (χ3n) is 8.19. The summed E-state index contributed by atoms with van der Waals surface area (Å²) in [6.07, 6.45) is 4.96. The van der Waals surface area contributed by atoms with E-state index < -0.39 is 11.6 Å². The lowest BCUT2D eigenvalue weighted by Crippen LogP contribution is -2.44. The van der Waals surface area contributed by atoms with Gasteiger partial charge in [0.1, 0.15) is 16.6 Å². The summed E-state index contributed by atoms with van der Waals surface area (Å²) in [6.45, 7) is 3.61. The number of likely N-dealkylation sites (tertiary alicyclic amines) is 1. The van der Waals surface area contributed by atoms with Gasteiger partial charge in [-0.3, -0.25) is 9.88 Å². The number of halogens is 2. The van der Waals surface area contributed by atoms with Crippen molar-refractivity contribution in [1.82, 2.24) is 19.9 Å². The molecule has 3 N–H and O–H groups in total. The Balaban J connectivity index is 1.34. The number of fused-ring (bicyclic) bond motifs is 4. The van der Waals surface area contributed by atoms with Gasteiger partial charge in [-0.25, -0.2) is 18.7 Å². The SMILES string of the molecule is N#Cc1c(N)sc2c(F)cnc(-c3c4c(c5cnc(N6CC[C@@H](N7CCC(O)CC7)C6)nc5c3F)COC4)c12. The fraction of sp³-hybridized carbons (Fsp3) is 0.407. The van der Waals surface area contributed by atoms with Crippen LogP contribution < -0.4 is 10.6 Å². The third kappa shape index (κ3) is 3.83. The molecule has 0 saturated carbocycles. The molecule has 9 nitrogen and oxygen atoms in total. The van der Waals surface area contributed by atoms with Crippen molar-refractivity contribution in [2.24, 2.45) is 0 Å². The molecule has 4 aromatic rings. The molecule has 3 aliphatic rings. The molecule has 2 saturated heterocycles. The average molecular weight is 550 g/mol. The Labute approximate surface area is 226 Å². The van der Waals surface area contributed by atoms with E-state index >= 15 is 4.39 Å². The van der Waals surface area contributed by atoms with Gasteiger partial charge in [-0.15, -0.1) is 11.3 Å². The van der Waals surface area contributed by atoms with Gasteiger partial charge >= 0.3 is 0 Å². The first-order valence-corrected chi connectivity index (χ1v) is 13.8. The van der Waals surface area contributed by atoms with Gasteiger partial charge in [-0.1, -0.05) is 0 Å². The van der Waals surface area contributed by atoms with Crippen LogP contribution in [0.1, 0.15) is 36.0 Å². The van der Waals surface area contributed by atoms with E-state index in [1.807, 2.05) is 6.07 Å². The molecular weight excluding hydrogens is 524 g/mol. The number of aromatic nitrogens is 3. The standard InChI is InChI=1S/C27H25F2N7O2S/c28-19-9-32-24(21-15(7-30)26(31)39-25(19)21)20-18-12-38-11-17(18)16-8-33-27(34-23(16)22(20)29)36-4-1-13(10-36)35-5-2-14(37)3-6-35/h8-9,13-14,37H,1-6,10-12,31H2/t13-/m1/s1. The number of hydrogen-bond donors (Lipinski definition) is 2. The van der Waals surface area contributed by atoms with E-state index in [-0.39, 0.29) is 56.7 Å². The number of ether oxygens (including phenoxy) is 1. The van der Waals surface area contributed by atoms with E-state index in [2.05, 4.69) is 19.8 Å². The van der Waals surface area contributed by atoms with Gasteiger partial charge in [0.25, 0.3) is 0 Å².